The summed E-state index contributed by atoms with van der Waals surface area (Å²) in [7, 11) is -1.22. The first-order valence-electron chi connectivity index (χ1n) is 8.73. The van der Waals surface area contributed by atoms with E-state index in [0.717, 1.165) is 6.07 Å². The molecule has 0 fully saturated rings. The molecule has 3 aromatic rings. The summed E-state index contributed by atoms with van der Waals surface area (Å²) in [6.07, 6.45) is 2.20. The zero-order valence-electron chi connectivity index (χ0n) is 15.4. The standard InChI is InChI=1S/C20H18F2N2O4S/c1-28-15-10-14-9-13(4-5-18(14)23-11-15)20(25)16-7-12(8-17(21)19(16)22)3-2-6-24-29(26)27/h4-5,7-11,29H,2-3,6H2,1H3,(H,24,26,27). The molecule has 0 unspecified atom stereocenters. The number of pyridine rings is 1. The summed E-state index contributed by atoms with van der Waals surface area (Å²) in [5, 5.41) is 0.630. The van der Waals surface area contributed by atoms with Crippen LogP contribution in [0.1, 0.15) is 27.9 Å². The van der Waals surface area contributed by atoms with Gasteiger partial charge in [-0.3, -0.25) is 9.78 Å². The van der Waals surface area contributed by atoms with E-state index in [0.29, 0.717) is 28.6 Å². The zero-order valence-corrected chi connectivity index (χ0v) is 16.3. The second-order valence-corrected chi connectivity index (χ2v) is 7.15. The Morgan fingerprint density at radius 1 is 1.17 bits per heavy atom. The number of carbonyl (C=O) groups excluding carboxylic acids is 1. The third-order valence-corrected chi connectivity index (χ3v) is 4.85. The molecule has 152 valence electrons. The Hall–Kier alpha value is -2.91. The van der Waals surface area contributed by atoms with Crippen LogP contribution >= 0.6 is 0 Å². The van der Waals surface area contributed by atoms with Crippen LogP contribution in [-0.2, 0) is 17.3 Å². The number of aryl methyl sites for hydroxylation is 1. The maximum absolute atomic E-state index is 14.3. The van der Waals surface area contributed by atoms with E-state index in [1.54, 1.807) is 24.4 Å². The van der Waals surface area contributed by atoms with Gasteiger partial charge >= 0.3 is 0 Å². The van der Waals surface area contributed by atoms with Gasteiger partial charge in [0, 0.05) is 17.5 Å². The van der Waals surface area contributed by atoms with Crippen molar-refractivity contribution in [3.63, 3.8) is 0 Å². The lowest BCUT2D eigenvalue weighted by molar-refractivity contribution is 0.103. The molecule has 0 aliphatic carbocycles. The van der Waals surface area contributed by atoms with Crippen LogP contribution in [0, 0.1) is 11.6 Å². The van der Waals surface area contributed by atoms with Gasteiger partial charge in [0.25, 0.3) is 0 Å². The minimum atomic E-state index is -2.71. The Morgan fingerprint density at radius 3 is 2.69 bits per heavy atom. The van der Waals surface area contributed by atoms with Gasteiger partial charge in [0.15, 0.2) is 17.4 Å². The number of thiol groups is 1. The van der Waals surface area contributed by atoms with E-state index in [9.17, 15) is 22.0 Å². The average molecular weight is 420 g/mol. The zero-order chi connectivity index (χ0) is 21.0. The van der Waals surface area contributed by atoms with Crippen LogP contribution in [-0.4, -0.2) is 32.8 Å². The van der Waals surface area contributed by atoms with E-state index in [2.05, 4.69) is 9.71 Å². The Labute approximate surface area is 167 Å². The van der Waals surface area contributed by atoms with Crippen LogP contribution in [0.5, 0.6) is 5.75 Å². The van der Waals surface area contributed by atoms with Gasteiger partial charge in [0.05, 0.1) is 24.4 Å². The van der Waals surface area contributed by atoms with Gasteiger partial charge < -0.3 is 4.74 Å². The van der Waals surface area contributed by atoms with Crippen LogP contribution in [0.25, 0.3) is 10.9 Å². The van der Waals surface area contributed by atoms with Crippen molar-refractivity contribution in [3.05, 3.63) is 70.9 Å². The van der Waals surface area contributed by atoms with Crippen molar-refractivity contribution in [2.24, 2.45) is 0 Å². The highest BCUT2D eigenvalue weighted by molar-refractivity contribution is 7.70. The van der Waals surface area contributed by atoms with Gasteiger partial charge in [-0.15, -0.1) is 0 Å². The highest BCUT2D eigenvalue weighted by atomic mass is 32.2. The minimum Gasteiger partial charge on any atom is -0.495 e. The molecule has 0 spiro atoms. The third kappa shape index (κ3) is 4.93. The normalized spacial score (nSPS) is 11.2. The Kier molecular flexibility index (Phi) is 6.50. The van der Waals surface area contributed by atoms with Gasteiger partial charge in [0.2, 0.25) is 10.9 Å². The molecule has 0 bridgehead atoms. The molecule has 1 aromatic heterocycles. The largest absolute Gasteiger partial charge is 0.495 e. The summed E-state index contributed by atoms with van der Waals surface area (Å²) in [6.45, 7) is 0.167. The van der Waals surface area contributed by atoms with Crippen LogP contribution in [0.4, 0.5) is 8.78 Å². The van der Waals surface area contributed by atoms with Gasteiger partial charge in [-0.05, 0) is 54.8 Å². The summed E-state index contributed by atoms with van der Waals surface area (Å²) in [4.78, 5) is 17.0. The highest BCUT2D eigenvalue weighted by Gasteiger charge is 2.19. The molecule has 0 radical (unpaired) electrons. The fourth-order valence-corrected chi connectivity index (χ4v) is 3.28. The molecule has 3 rings (SSSR count). The Morgan fingerprint density at radius 2 is 1.97 bits per heavy atom. The molecule has 1 heterocycles. The first-order chi connectivity index (χ1) is 13.9. The number of hydrogen-bond donors (Lipinski definition) is 2. The van der Waals surface area contributed by atoms with Crippen LogP contribution in [0.2, 0.25) is 0 Å². The monoisotopic (exact) mass is 420 g/mol. The fourth-order valence-electron chi connectivity index (χ4n) is 2.94. The quantitative estimate of drug-likeness (QED) is 0.333. The van der Waals surface area contributed by atoms with Gasteiger partial charge in [0.1, 0.15) is 5.75 Å². The van der Waals surface area contributed by atoms with E-state index in [-0.39, 0.29) is 24.1 Å². The van der Waals surface area contributed by atoms with Crippen LogP contribution < -0.4 is 9.46 Å². The number of carbonyl (C=O) groups is 1. The second kappa shape index (κ2) is 9.06. The van der Waals surface area contributed by atoms with Crippen molar-refractivity contribution in [1.29, 1.82) is 0 Å². The fraction of sp³-hybridized carbons (Fsp3) is 0.200. The third-order valence-electron chi connectivity index (χ3n) is 4.37. The molecule has 6 nitrogen and oxygen atoms in total. The number of halogens is 2. The molecule has 0 aliphatic heterocycles. The molecule has 9 heteroatoms. The molecule has 0 atom stereocenters. The van der Waals surface area contributed by atoms with E-state index in [1.807, 2.05) is 0 Å². The number of ketones is 1. The molecular formula is C20H18F2N2O4S. The van der Waals surface area contributed by atoms with Crippen molar-refractivity contribution in [3.8, 4) is 5.75 Å². The highest BCUT2D eigenvalue weighted by Crippen LogP contribution is 2.23. The molecule has 0 amide bonds. The topological polar surface area (TPSA) is 85.4 Å². The number of benzene rings is 2. The van der Waals surface area contributed by atoms with Crippen LogP contribution in [0.3, 0.4) is 0 Å². The number of rotatable bonds is 8. The van der Waals surface area contributed by atoms with Crippen molar-refractivity contribution < 1.29 is 26.7 Å². The molecule has 1 N–H and O–H groups in total. The number of hydrogen-bond acceptors (Lipinski definition) is 5. The molecule has 2 aromatic carbocycles. The van der Waals surface area contributed by atoms with E-state index >= 15 is 0 Å². The van der Waals surface area contributed by atoms with E-state index in [4.69, 9.17) is 4.74 Å². The van der Waals surface area contributed by atoms with E-state index in [1.165, 1.54) is 19.2 Å². The van der Waals surface area contributed by atoms with E-state index < -0.39 is 28.3 Å². The molecular weight excluding hydrogens is 402 g/mol. The number of fused-ring (bicyclic) bond motifs is 1. The number of nitrogens with zero attached hydrogens (tertiary/aromatic N) is 1. The first-order valence-corrected chi connectivity index (χ1v) is 9.91. The SMILES string of the molecule is COc1cnc2ccc(C(=O)c3cc(CCCN[SH](=O)=O)cc(F)c3F)cc2c1. The average Bonchev–Trinajstić information content (AvgIpc) is 2.72. The summed E-state index contributed by atoms with van der Waals surface area (Å²) < 4.78 is 56.7. The smallest absolute Gasteiger partial charge is 0.201 e. The second-order valence-electron chi connectivity index (χ2n) is 6.32. The lowest BCUT2D eigenvalue weighted by Gasteiger charge is -2.09. The lowest BCUT2D eigenvalue weighted by atomic mass is 9.97. The summed E-state index contributed by atoms with van der Waals surface area (Å²) in [6, 6.07) is 8.68. The maximum Gasteiger partial charge on any atom is 0.201 e. The van der Waals surface area contributed by atoms with Crippen molar-refractivity contribution >= 4 is 27.6 Å². The first kappa shape index (κ1) is 20.8. The summed E-state index contributed by atoms with van der Waals surface area (Å²) in [5.74, 6) is -2.50. The molecule has 29 heavy (non-hydrogen) atoms. The Balaban J connectivity index is 1.90. The number of ether oxygens (including phenoxy) is 1. The number of aromatic nitrogens is 1. The van der Waals surface area contributed by atoms with Crippen molar-refractivity contribution in [2.75, 3.05) is 13.7 Å². The van der Waals surface area contributed by atoms with Crippen molar-refractivity contribution in [2.45, 2.75) is 12.8 Å². The van der Waals surface area contributed by atoms with Crippen molar-refractivity contribution in [1.82, 2.24) is 9.71 Å². The predicted molar refractivity (Wildman–Crippen MR) is 105 cm³/mol. The molecule has 0 saturated heterocycles. The summed E-state index contributed by atoms with van der Waals surface area (Å²) >= 11 is 0. The predicted octanol–water partition coefficient (Wildman–Crippen LogP) is 2.80. The van der Waals surface area contributed by atoms with Crippen LogP contribution in [0.15, 0.2) is 42.6 Å². The summed E-state index contributed by atoms with van der Waals surface area (Å²) in [5.41, 5.74) is 0.845. The number of methoxy groups -OCH3 is 1. The lowest BCUT2D eigenvalue weighted by Crippen LogP contribution is -2.13. The Bertz CT molecular complexity index is 1140. The van der Waals surface area contributed by atoms with Gasteiger partial charge in [-0.2, -0.15) is 0 Å². The number of nitrogens with one attached hydrogen (secondary N) is 1. The molecule has 0 saturated carbocycles. The maximum atomic E-state index is 14.3. The van der Waals surface area contributed by atoms with Gasteiger partial charge in [-0.1, -0.05) is 0 Å². The molecule has 0 aliphatic rings. The minimum absolute atomic E-state index is 0.167. The van der Waals surface area contributed by atoms with Gasteiger partial charge in [-0.25, -0.2) is 21.9 Å².